The molecule has 1 aliphatic rings. The lowest BCUT2D eigenvalue weighted by molar-refractivity contribution is -0.126. The van der Waals surface area contributed by atoms with E-state index in [1.807, 2.05) is 25.2 Å². The molecule has 3 rings (SSSR count). The number of amides is 1. The number of likely N-dealkylation sites (N-methyl/N-ethyl adjacent to an activating group) is 1. The third-order valence-corrected chi connectivity index (χ3v) is 4.37. The van der Waals surface area contributed by atoms with E-state index in [-0.39, 0.29) is 12.1 Å². The zero-order chi connectivity index (χ0) is 12.5. The summed E-state index contributed by atoms with van der Waals surface area (Å²) in [6.07, 6.45) is 0.0277. The van der Waals surface area contributed by atoms with Gasteiger partial charge in [-0.05, 0) is 17.7 Å². The Hall–Kier alpha value is -1.65. The third-order valence-electron chi connectivity index (χ3n) is 3.18. The number of carbonyl (C=O) groups is 1. The van der Waals surface area contributed by atoms with Gasteiger partial charge in [0.25, 0.3) is 0 Å². The molecule has 18 heavy (non-hydrogen) atoms. The Labute approximate surface area is 110 Å². The van der Waals surface area contributed by atoms with Crippen molar-refractivity contribution in [2.45, 2.75) is 6.17 Å². The van der Waals surface area contributed by atoms with Crippen LogP contribution in [-0.4, -0.2) is 24.4 Å². The number of thiophene rings is 1. The Balaban J connectivity index is 1.89. The van der Waals surface area contributed by atoms with E-state index < -0.39 is 0 Å². The summed E-state index contributed by atoms with van der Waals surface area (Å²) in [5, 5.41) is 3.22. The molecule has 0 aliphatic carbocycles. The predicted octanol–water partition coefficient (Wildman–Crippen LogP) is 2.48. The topological polar surface area (TPSA) is 32.3 Å². The van der Waals surface area contributed by atoms with Crippen molar-refractivity contribution in [3.05, 3.63) is 47.3 Å². The minimum Gasteiger partial charge on any atom is -0.324 e. The van der Waals surface area contributed by atoms with Gasteiger partial charge in [0.1, 0.15) is 6.17 Å². The Morgan fingerprint density at radius 2 is 2.00 bits per heavy atom. The van der Waals surface area contributed by atoms with E-state index in [1.54, 1.807) is 16.2 Å². The lowest BCUT2D eigenvalue weighted by Crippen LogP contribution is -2.24. The molecule has 0 radical (unpaired) electrons. The van der Waals surface area contributed by atoms with Gasteiger partial charge in [0.2, 0.25) is 5.91 Å². The van der Waals surface area contributed by atoms with Crippen molar-refractivity contribution >= 4 is 17.2 Å². The summed E-state index contributed by atoms with van der Waals surface area (Å²) >= 11 is 1.73. The van der Waals surface area contributed by atoms with Gasteiger partial charge in [-0.1, -0.05) is 30.3 Å². The van der Waals surface area contributed by atoms with Gasteiger partial charge in [-0.3, -0.25) is 10.1 Å². The minimum absolute atomic E-state index is 0.0277. The molecule has 1 unspecified atom stereocenters. The van der Waals surface area contributed by atoms with Crippen LogP contribution in [0.15, 0.2) is 42.5 Å². The highest BCUT2D eigenvalue weighted by Crippen LogP contribution is 2.33. The first-order chi connectivity index (χ1) is 8.75. The van der Waals surface area contributed by atoms with Gasteiger partial charge in [0, 0.05) is 16.8 Å². The van der Waals surface area contributed by atoms with Crippen molar-refractivity contribution in [3.63, 3.8) is 0 Å². The number of benzene rings is 1. The summed E-state index contributed by atoms with van der Waals surface area (Å²) in [5.41, 5.74) is 1.22. The van der Waals surface area contributed by atoms with E-state index in [9.17, 15) is 4.79 Å². The molecule has 0 saturated carbocycles. The zero-order valence-corrected chi connectivity index (χ0v) is 10.9. The molecule has 0 bridgehead atoms. The number of hydrogen-bond acceptors (Lipinski definition) is 3. The Bertz CT molecular complexity index is 564. The van der Waals surface area contributed by atoms with Crippen LogP contribution in [-0.2, 0) is 4.79 Å². The van der Waals surface area contributed by atoms with Gasteiger partial charge in [-0.15, -0.1) is 11.3 Å². The second-order valence-corrected chi connectivity index (χ2v) is 5.47. The van der Waals surface area contributed by atoms with Crippen LogP contribution in [0, 0.1) is 0 Å². The van der Waals surface area contributed by atoms with Crippen molar-refractivity contribution < 1.29 is 4.79 Å². The average molecular weight is 258 g/mol. The summed E-state index contributed by atoms with van der Waals surface area (Å²) < 4.78 is 0. The highest BCUT2D eigenvalue weighted by molar-refractivity contribution is 7.15. The lowest BCUT2D eigenvalue weighted by atomic mass is 10.2. The van der Waals surface area contributed by atoms with Crippen molar-refractivity contribution in [1.29, 1.82) is 0 Å². The Morgan fingerprint density at radius 1 is 1.22 bits per heavy atom. The predicted molar refractivity (Wildman–Crippen MR) is 73.3 cm³/mol. The maximum atomic E-state index is 11.5. The van der Waals surface area contributed by atoms with Crippen LogP contribution >= 0.6 is 11.3 Å². The fraction of sp³-hybridized carbons (Fsp3) is 0.214. The van der Waals surface area contributed by atoms with Crippen LogP contribution in [0.1, 0.15) is 11.0 Å². The van der Waals surface area contributed by atoms with Crippen molar-refractivity contribution in [2.75, 3.05) is 13.6 Å². The molecule has 2 aromatic rings. The number of nitrogens with zero attached hydrogens (tertiary/aromatic N) is 1. The molecule has 1 fully saturated rings. The first-order valence-electron chi connectivity index (χ1n) is 5.90. The fourth-order valence-corrected chi connectivity index (χ4v) is 3.27. The van der Waals surface area contributed by atoms with E-state index in [4.69, 9.17) is 0 Å². The molecule has 2 heterocycles. The largest absolute Gasteiger partial charge is 0.324 e. The number of rotatable bonds is 2. The zero-order valence-electron chi connectivity index (χ0n) is 10.1. The molecule has 0 spiro atoms. The van der Waals surface area contributed by atoms with Crippen LogP contribution in [0.25, 0.3) is 10.4 Å². The highest BCUT2D eigenvalue weighted by atomic mass is 32.1. The van der Waals surface area contributed by atoms with Gasteiger partial charge < -0.3 is 4.90 Å². The SMILES string of the molecule is CN1C(=O)CNC1c1ccc(-c2ccccc2)s1. The first kappa shape index (κ1) is 11.4. The Morgan fingerprint density at radius 3 is 2.67 bits per heavy atom. The summed E-state index contributed by atoms with van der Waals surface area (Å²) in [6, 6.07) is 14.5. The van der Waals surface area contributed by atoms with Crippen LogP contribution < -0.4 is 5.32 Å². The van der Waals surface area contributed by atoms with E-state index in [1.165, 1.54) is 15.3 Å². The monoisotopic (exact) mass is 258 g/mol. The molecule has 3 nitrogen and oxygen atoms in total. The number of nitrogens with one attached hydrogen (secondary N) is 1. The Kier molecular flexibility index (Phi) is 2.89. The van der Waals surface area contributed by atoms with Gasteiger partial charge in [0.15, 0.2) is 0 Å². The smallest absolute Gasteiger partial charge is 0.237 e. The third kappa shape index (κ3) is 1.94. The molecule has 1 saturated heterocycles. The molecule has 92 valence electrons. The van der Waals surface area contributed by atoms with Crippen LogP contribution in [0.4, 0.5) is 0 Å². The summed E-state index contributed by atoms with van der Waals surface area (Å²) in [7, 11) is 1.84. The van der Waals surface area contributed by atoms with Crippen LogP contribution in [0.5, 0.6) is 0 Å². The average Bonchev–Trinajstić information content (AvgIpc) is 3.00. The van der Waals surface area contributed by atoms with E-state index in [0.717, 1.165) is 0 Å². The molecule has 1 atom stereocenters. The first-order valence-corrected chi connectivity index (χ1v) is 6.71. The quantitative estimate of drug-likeness (QED) is 0.897. The molecule has 1 aromatic heterocycles. The summed E-state index contributed by atoms with van der Waals surface area (Å²) in [4.78, 5) is 15.7. The second-order valence-electron chi connectivity index (χ2n) is 4.36. The molecule has 1 amide bonds. The number of hydrogen-bond donors (Lipinski definition) is 1. The molecule has 4 heteroatoms. The van der Waals surface area contributed by atoms with Gasteiger partial charge >= 0.3 is 0 Å². The summed E-state index contributed by atoms with van der Waals surface area (Å²) in [5.74, 6) is 0.148. The van der Waals surface area contributed by atoms with E-state index in [0.29, 0.717) is 6.54 Å². The summed E-state index contributed by atoms with van der Waals surface area (Å²) in [6.45, 7) is 0.430. The van der Waals surface area contributed by atoms with Gasteiger partial charge in [0.05, 0.1) is 6.54 Å². The normalized spacial score (nSPS) is 19.5. The molecular weight excluding hydrogens is 244 g/mol. The highest BCUT2D eigenvalue weighted by Gasteiger charge is 2.29. The number of carbonyl (C=O) groups excluding carboxylic acids is 1. The maximum absolute atomic E-state index is 11.5. The van der Waals surface area contributed by atoms with Crippen molar-refractivity contribution in [2.24, 2.45) is 0 Å². The van der Waals surface area contributed by atoms with E-state index in [2.05, 4.69) is 29.6 Å². The maximum Gasteiger partial charge on any atom is 0.237 e. The van der Waals surface area contributed by atoms with Gasteiger partial charge in [-0.25, -0.2) is 0 Å². The van der Waals surface area contributed by atoms with Crippen molar-refractivity contribution in [1.82, 2.24) is 10.2 Å². The van der Waals surface area contributed by atoms with Gasteiger partial charge in [-0.2, -0.15) is 0 Å². The fourth-order valence-electron chi connectivity index (χ4n) is 2.14. The molecular formula is C14H14N2OS. The molecule has 1 N–H and O–H groups in total. The minimum atomic E-state index is 0.0277. The molecule has 1 aromatic carbocycles. The lowest BCUT2D eigenvalue weighted by Gasteiger charge is -2.17. The van der Waals surface area contributed by atoms with E-state index >= 15 is 0 Å². The van der Waals surface area contributed by atoms with Crippen molar-refractivity contribution in [3.8, 4) is 10.4 Å². The second kappa shape index (κ2) is 4.55. The standard InChI is InChI=1S/C14H14N2OS/c1-16-13(17)9-15-14(16)12-8-7-11(18-12)10-5-3-2-4-6-10/h2-8,14-15H,9H2,1H3. The molecule has 1 aliphatic heterocycles. The van der Waals surface area contributed by atoms with Crippen LogP contribution in [0.2, 0.25) is 0 Å². The van der Waals surface area contributed by atoms with Crippen LogP contribution in [0.3, 0.4) is 0 Å².